The van der Waals surface area contributed by atoms with Gasteiger partial charge in [-0.3, -0.25) is 9.59 Å². The smallest absolute Gasteiger partial charge is 0.285 e. The van der Waals surface area contributed by atoms with Crippen LogP contribution >= 0.6 is 0 Å². The zero-order valence-corrected chi connectivity index (χ0v) is 11.6. The number of primary amides is 1. The van der Waals surface area contributed by atoms with Crippen LogP contribution in [0, 0.1) is 0 Å². The summed E-state index contributed by atoms with van der Waals surface area (Å²) in [7, 11) is 0. The standard InChI is InChI=1S/C16H23NO2/c1-2-3-4-5-9-12-14(15(18)16(17)19)13-10-7-6-8-11-13/h6-8,10-11,14H,2-5,9,12H2,1H3,(H2,17,19). The fraction of sp³-hybridized carbons (Fsp3) is 0.500. The summed E-state index contributed by atoms with van der Waals surface area (Å²) in [6.07, 6.45) is 6.36. The van der Waals surface area contributed by atoms with Gasteiger partial charge in [-0.2, -0.15) is 0 Å². The first kappa shape index (κ1) is 15.4. The van der Waals surface area contributed by atoms with Crippen LogP contribution in [0.2, 0.25) is 0 Å². The van der Waals surface area contributed by atoms with Crippen LogP contribution in [0.4, 0.5) is 0 Å². The number of carbonyl (C=O) groups is 2. The Kier molecular flexibility index (Phi) is 6.86. The summed E-state index contributed by atoms with van der Waals surface area (Å²) in [5, 5.41) is 0. The van der Waals surface area contributed by atoms with Crippen molar-refractivity contribution in [3.8, 4) is 0 Å². The highest BCUT2D eigenvalue weighted by Crippen LogP contribution is 2.23. The van der Waals surface area contributed by atoms with Crippen LogP contribution in [0.3, 0.4) is 0 Å². The van der Waals surface area contributed by atoms with Crippen molar-refractivity contribution in [2.75, 3.05) is 0 Å². The van der Waals surface area contributed by atoms with E-state index in [9.17, 15) is 9.59 Å². The van der Waals surface area contributed by atoms with E-state index in [0.717, 1.165) is 18.4 Å². The van der Waals surface area contributed by atoms with Gasteiger partial charge in [-0.15, -0.1) is 0 Å². The molecule has 1 unspecified atom stereocenters. The van der Waals surface area contributed by atoms with Gasteiger partial charge in [-0.25, -0.2) is 0 Å². The van der Waals surface area contributed by atoms with Crippen LogP contribution in [-0.4, -0.2) is 11.7 Å². The van der Waals surface area contributed by atoms with Gasteiger partial charge in [-0.05, 0) is 12.0 Å². The monoisotopic (exact) mass is 261 g/mol. The summed E-state index contributed by atoms with van der Waals surface area (Å²) in [4.78, 5) is 23.0. The summed E-state index contributed by atoms with van der Waals surface area (Å²) in [6, 6.07) is 9.44. The van der Waals surface area contributed by atoms with Crippen LogP contribution in [-0.2, 0) is 9.59 Å². The first-order valence-electron chi connectivity index (χ1n) is 7.05. The second-order valence-corrected chi connectivity index (χ2v) is 4.89. The van der Waals surface area contributed by atoms with Crippen LogP contribution in [0.15, 0.2) is 30.3 Å². The molecule has 1 atom stereocenters. The zero-order chi connectivity index (χ0) is 14.1. The Morgan fingerprint density at radius 3 is 2.26 bits per heavy atom. The number of hydrogen-bond donors (Lipinski definition) is 1. The molecule has 3 nitrogen and oxygen atoms in total. The molecule has 1 amide bonds. The van der Waals surface area contributed by atoms with E-state index in [1.54, 1.807) is 0 Å². The van der Waals surface area contributed by atoms with Crippen LogP contribution < -0.4 is 5.73 Å². The maximum atomic E-state index is 11.9. The third-order valence-electron chi connectivity index (χ3n) is 3.36. The minimum absolute atomic E-state index is 0.375. The third-order valence-corrected chi connectivity index (χ3v) is 3.36. The van der Waals surface area contributed by atoms with E-state index in [2.05, 4.69) is 6.92 Å². The summed E-state index contributed by atoms with van der Waals surface area (Å²) >= 11 is 0. The van der Waals surface area contributed by atoms with Crippen molar-refractivity contribution in [1.82, 2.24) is 0 Å². The summed E-state index contributed by atoms with van der Waals surface area (Å²) in [5.41, 5.74) is 6.03. The van der Waals surface area contributed by atoms with Gasteiger partial charge in [0.25, 0.3) is 5.91 Å². The lowest BCUT2D eigenvalue weighted by Crippen LogP contribution is -2.28. The summed E-state index contributed by atoms with van der Waals surface area (Å²) < 4.78 is 0. The lowest BCUT2D eigenvalue weighted by molar-refractivity contribution is -0.137. The van der Waals surface area contributed by atoms with Gasteiger partial charge < -0.3 is 5.73 Å². The SMILES string of the molecule is CCCCCCCC(C(=O)C(N)=O)c1ccccc1. The van der Waals surface area contributed by atoms with Crippen molar-refractivity contribution in [3.05, 3.63) is 35.9 Å². The quantitative estimate of drug-likeness (QED) is 0.548. The highest BCUT2D eigenvalue weighted by molar-refractivity contribution is 6.37. The van der Waals surface area contributed by atoms with Crippen molar-refractivity contribution < 1.29 is 9.59 Å². The molecule has 0 saturated heterocycles. The second kappa shape index (κ2) is 8.46. The number of rotatable bonds is 9. The topological polar surface area (TPSA) is 60.2 Å². The third kappa shape index (κ3) is 5.25. The molecular weight excluding hydrogens is 238 g/mol. The second-order valence-electron chi connectivity index (χ2n) is 4.89. The minimum atomic E-state index is -0.831. The van der Waals surface area contributed by atoms with E-state index in [1.807, 2.05) is 30.3 Å². The molecule has 0 aliphatic rings. The van der Waals surface area contributed by atoms with Crippen molar-refractivity contribution in [3.63, 3.8) is 0 Å². The molecule has 0 aliphatic carbocycles. The van der Waals surface area contributed by atoms with Gasteiger partial charge in [0.05, 0.1) is 5.92 Å². The van der Waals surface area contributed by atoms with E-state index in [0.29, 0.717) is 6.42 Å². The molecule has 0 radical (unpaired) electrons. The molecule has 1 aromatic rings. The zero-order valence-electron chi connectivity index (χ0n) is 11.6. The van der Waals surface area contributed by atoms with Gasteiger partial charge in [0.1, 0.15) is 0 Å². The Labute approximate surface area is 115 Å². The number of benzene rings is 1. The lowest BCUT2D eigenvalue weighted by Gasteiger charge is -2.14. The normalized spacial score (nSPS) is 12.1. The molecular formula is C16H23NO2. The predicted molar refractivity (Wildman–Crippen MR) is 76.8 cm³/mol. The Morgan fingerprint density at radius 2 is 1.68 bits per heavy atom. The number of Topliss-reactive ketones (excluding diaryl/α,β-unsaturated/α-hetero) is 1. The van der Waals surface area contributed by atoms with E-state index in [4.69, 9.17) is 5.73 Å². The van der Waals surface area contributed by atoms with Crippen molar-refractivity contribution in [2.45, 2.75) is 51.4 Å². The Balaban J connectivity index is 2.61. The van der Waals surface area contributed by atoms with Gasteiger partial charge >= 0.3 is 0 Å². The number of nitrogens with two attached hydrogens (primary N) is 1. The molecule has 0 saturated carbocycles. The molecule has 0 fully saturated rings. The van der Waals surface area contributed by atoms with E-state index in [1.165, 1.54) is 19.3 Å². The van der Waals surface area contributed by atoms with E-state index >= 15 is 0 Å². The first-order chi connectivity index (χ1) is 9.16. The highest BCUT2D eigenvalue weighted by atomic mass is 16.2. The summed E-state index contributed by atoms with van der Waals surface area (Å²) in [5.74, 6) is -1.68. The lowest BCUT2D eigenvalue weighted by atomic mass is 9.89. The van der Waals surface area contributed by atoms with Gasteiger partial charge in [0, 0.05) is 0 Å². The first-order valence-corrected chi connectivity index (χ1v) is 7.05. The molecule has 19 heavy (non-hydrogen) atoms. The summed E-state index contributed by atoms with van der Waals surface area (Å²) in [6.45, 7) is 2.17. The molecule has 0 spiro atoms. The number of amides is 1. The number of ketones is 1. The van der Waals surface area contributed by atoms with Gasteiger partial charge in [-0.1, -0.05) is 69.4 Å². The number of carbonyl (C=O) groups excluding carboxylic acids is 2. The van der Waals surface area contributed by atoms with E-state index < -0.39 is 11.7 Å². The van der Waals surface area contributed by atoms with Crippen molar-refractivity contribution in [1.29, 1.82) is 0 Å². The largest absolute Gasteiger partial charge is 0.363 e. The van der Waals surface area contributed by atoms with Crippen LogP contribution in [0.1, 0.15) is 56.9 Å². The van der Waals surface area contributed by atoms with Crippen molar-refractivity contribution >= 4 is 11.7 Å². The fourth-order valence-electron chi connectivity index (χ4n) is 2.26. The molecule has 1 rings (SSSR count). The molecule has 0 bridgehead atoms. The minimum Gasteiger partial charge on any atom is -0.363 e. The Hall–Kier alpha value is -1.64. The Morgan fingerprint density at radius 1 is 1.05 bits per heavy atom. The van der Waals surface area contributed by atoms with Gasteiger partial charge in [0.15, 0.2) is 0 Å². The highest BCUT2D eigenvalue weighted by Gasteiger charge is 2.24. The molecule has 0 heterocycles. The molecule has 0 aliphatic heterocycles. The maximum Gasteiger partial charge on any atom is 0.285 e. The maximum absolute atomic E-state index is 11.9. The van der Waals surface area contributed by atoms with Crippen LogP contribution in [0.5, 0.6) is 0 Å². The number of hydrogen-bond acceptors (Lipinski definition) is 2. The average molecular weight is 261 g/mol. The van der Waals surface area contributed by atoms with Gasteiger partial charge in [0.2, 0.25) is 5.78 Å². The van der Waals surface area contributed by atoms with Crippen LogP contribution in [0.25, 0.3) is 0 Å². The molecule has 3 heteroatoms. The van der Waals surface area contributed by atoms with Crippen molar-refractivity contribution in [2.24, 2.45) is 5.73 Å². The Bertz CT molecular complexity index is 400. The molecule has 104 valence electrons. The molecule has 0 aromatic heterocycles. The average Bonchev–Trinajstić information content (AvgIpc) is 2.43. The number of unbranched alkanes of at least 4 members (excludes halogenated alkanes) is 4. The predicted octanol–water partition coefficient (Wildman–Crippen LogP) is 3.19. The molecule has 2 N–H and O–H groups in total. The van der Waals surface area contributed by atoms with E-state index in [-0.39, 0.29) is 5.92 Å². The molecule has 1 aromatic carbocycles. The fourth-order valence-corrected chi connectivity index (χ4v) is 2.26.